The second kappa shape index (κ2) is 9.33. The van der Waals surface area contributed by atoms with Gasteiger partial charge in [-0.25, -0.2) is 0 Å². The van der Waals surface area contributed by atoms with Crippen LogP contribution in [-0.2, 0) is 9.59 Å². The molecular weight excluding hydrogens is 332 g/mol. The van der Waals surface area contributed by atoms with Crippen LogP contribution in [0.15, 0.2) is 24.3 Å². The van der Waals surface area contributed by atoms with E-state index < -0.39 is 0 Å². The number of hydrogen-bond acceptors (Lipinski definition) is 4. The second-order valence-corrected chi connectivity index (χ2v) is 7.43. The average Bonchev–Trinajstić information content (AvgIpc) is 2.52. The van der Waals surface area contributed by atoms with E-state index in [9.17, 15) is 14.4 Å². The number of carbonyl (C=O) groups excluding carboxylic acids is 3. The van der Waals surface area contributed by atoms with Gasteiger partial charge in [0.15, 0.2) is 0 Å². The third kappa shape index (κ3) is 7.65. The maximum Gasteiger partial charge on any atom is 0.253 e. The van der Waals surface area contributed by atoms with E-state index in [1.54, 1.807) is 43.3 Å². The summed E-state index contributed by atoms with van der Waals surface area (Å²) in [4.78, 5) is 39.3. The molecule has 0 spiro atoms. The van der Waals surface area contributed by atoms with Crippen molar-refractivity contribution in [2.24, 2.45) is 0 Å². The molecule has 3 amide bonds. The van der Waals surface area contributed by atoms with Crippen LogP contribution in [0.2, 0.25) is 0 Å². The number of hydrogen-bond donors (Lipinski definition) is 2. The SMILES string of the molecule is CCN(CC(=O)Nc1ccc(C(=O)N(C)C)cc1)CC(=O)NC(C)(C)C. The van der Waals surface area contributed by atoms with Crippen molar-refractivity contribution >= 4 is 23.4 Å². The summed E-state index contributed by atoms with van der Waals surface area (Å²) < 4.78 is 0. The fourth-order valence-electron chi connectivity index (χ4n) is 2.30. The van der Waals surface area contributed by atoms with Crippen molar-refractivity contribution in [3.63, 3.8) is 0 Å². The van der Waals surface area contributed by atoms with Gasteiger partial charge in [-0.2, -0.15) is 0 Å². The first-order chi connectivity index (χ1) is 12.0. The highest BCUT2D eigenvalue weighted by molar-refractivity contribution is 5.96. The molecule has 0 aliphatic heterocycles. The third-order valence-corrected chi connectivity index (χ3v) is 3.52. The molecular formula is C19H30N4O3. The van der Waals surface area contributed by atoms with Crippen molar-refractivity contribution in [2.75, 3.05) is 39.0 Å². The average molecular weight is 362 g/mol. The Bertz CT molecular complexity index is 633. The predicted molar refractivity (Wildman–Crippen MR) is 103 cm³/mol. The molecule has 0 aliphatic carbocycles. The maximum atomic E-state index is 12.2. The van der Waals surface area contributed by atoms with E-state index in [1.807, 2.05) is 27.7 Å². The van der Waals surface area contributed by atoms with Gasteiger partial charge in [-0.15, -0.1) is 0 Å². The minimum Gasteiger partial charge on any atom is -0.350 e. The Morgan fingerprint density at radius 1 is 0.962 bits per heavy atom. The second-order valence-electron chi connectivity index (χ2n) is 7.43. The van der Waals surface area contributed by atoms with Crippen molar-refractivity contribution in [3.8, 4) is 0 Å². The van der Waals surface area contributed by atoms with Crippen molar-refractivity contribution in [2.45, 2.75) is 33.2 Å². The fourth-order valence-corrected chi connectivity index (χ4v) is 2.30. The van der Waals surface area contributed by atoms with Crippen LogP contribution in [0, 0.1) is 0 Å². The molecule has 7 nitrogen and oxygen atoms in total. The largest absolute Gasteiger partial charge is 0.350 e. The summed E-state index contributed by atoms with van der Waals surface area (Å²) in [5.74, 6) is -0.411. The summed E-state index contributed by atoms with van der Waals surface area (Å²) in [6.45, 7) is 8.51. The maximum absolute atomic E-state index is 12.2. The van der Waals surface area contributed by atoms with Gasteiger partial charge in [0.25, 0.3) is 5.91 Å². The van der Waals surface area contributed by atoms with Crippen molar-refractivity contribution in [1.29, 1.82) is 0 Å². The highest BCUT2D eigenvalue weighted by atomic mass is 16.2. The van der Waals surface area contributed by atoms with Crippen LogP contribution in [0.3, 0.4) is 0 Å². The molecule has 0 aliphatic rings. The summed E-state index contributed by atoms with van der Waals surface area (Å²) >= 11 is 0. The first-order valence-electron chi connectivity index (χ1n) is 8.66. The molecule has 1 aromatic carbocycles. The first-order valence-corrected chi connectivity index (χ1v) is 8.66. The molecule has 26 heavy (non-hydrogen) atoms. The van der Waals surface area contributed by atoms with E-state index in [-0.39, 0.29) is 36.3 Å². The van der Waals surface area contributed by atoms with Gasteiger partial charge < -0.3 is 15.5 Å². The first kappa shape index (κ1) is 21.6. The van der Waals surface area contributed by atoms with Crippen LogP contribution < -0.4 is 10.6 Å². The number of anilines is 1. The molecule has 0 fully saturated rings. The molecule has 0 bridgehead atoms. The Kier molecular flexibility index (Phi) is 7.76. The zero-order chi connectivity index (χ0) is 19.9. The molecule has 2 N–H and O–H groups in total. The van der Waals surface area contributed by atoms with E-state index in [0.29, 0.717) is 17.8 Å². The minimum absolute atomic E-state index is 0.0927. The molecule has 0 heterocycles. The van der Waals surface area contributed by atoms with Gasteiger partial charge in [0.2, 0.25) is 11.8 Å². The van der Waals surface area contributed by atoms with Gasteiger partial charge in [0.1, 0.15) is 0 Å². The lowest BCUT2D eigenvalue weighted by Crippen LogP contribution is -2.47. The highest BCUT2D eigenvalue weighted by Crippen LogP contribution is 2.11. The van der Waals surface area contributed by atoms with E-state index >= 15 is 0 Å². The standard InChI is InChI=1S/C19H30N4O3/c1-7-23(13-17(25)21-19(2,3)4)12-16(24)20-15-10-8-14(9-11-15)18(26)22(5)6/h8-11H,7,12-13H2,1-6H3,(H,20,24)(H,21,25). The number of rotatable bonds is 7. The minimum atomic E-state index is -0.301. The molecule has 0 atom stereocenters. The Morgan fingerprint density at radius 3 is 1.96 bits per heavy atom. The molecule has 0 unspecified atom stereocenters. The van der Waals surface area contributed by atoms with Crippen molar-refractivity contribution < 1.29 is 14.4 Å². The summed E-state index contributed by atoms with van der Waals surface area (Å²) in [6, 6.07) is 6.73. The van der Waals surface area contributed by atoms with Crippen LogP contribution in [0.1, 0.15) is 38.1 Å². The van der Waals surface area contributed by atoms with E-state index in [0.717, 1.165) is 0 Å². The fraction of sp³-hybridized carbons (Fsp3) is 0.526. The van der Waals surface area contributed by atoms with Crippen LogP contribution >= 0.6 is 0 Å². The van der Waals surface area contributed by atoms with Crippen LogP contribution in [0.5, 0.6) is 0 Å². The molecule has 0 saturated heterocycles. The van der Waals surface area contributed by atoms with Gasteiger partial charge >= 0.3 is 0 Å². The lowest BCUT2D eigenvalue weighted by molar-refractivity contribution is -0.124. The smallest absolute Gasteiger partial charge is 0.253 e. The lowest BCUT2D eigenvalue weighted by Gasteiger charge is -2.24. The number of carbonyl (C=O) groups is 3. The van der Waals surface area contributed by atoms with E-state index in [1.165, 1.54) is 4.90 Å². The number of nitrogens with zero attached hydrogens (tertiary/aromatic N) is 2. The number of likely N-dealkylation sites (N-methyl/N-ethyl adjacent to an activating group) is 1. The van der Waals surface area contributed by atoms with Crippen LogP contribution in [0.4, 0.5) is 5.69 Å². The molecule has 0 saturated carbocycles. The van der Waals surface area contributed by atoms with Gasteiger partial charge in [-0.3, -0.25) is 19.3 Å². The summed E-state index contributed by atoms with van der Waals surface area (Å²) in [7, 11) is 3.38. The van der Waals surface area contributed by atoms with Gasteiger partial charge in [-0.05, 0) is 51.6 Å². The molecule has 144 valence electrons. The molecule has 0 aromatic heterocycles. The summed E-state index contributed by atoms with van der Waals surface area (Å²) in [6.07, 6.45) is 0. The Labute approximate surface area is 155 Å². The summed E-state index contributed by atoms with van der Waals surface area (Å²) in [5, 5.41) is 5.67. The Hall–Kier alpha value is -2.41. The highest BCUT2D eigenvalue weighted by Gasteiger charge is 2.18. The molecule has 1 rings (SSSR count). The monoisotopic (exact) mass is 362 g/mol. The zero-order valence-electron chi connectivity index (χ0n) is 16.5. The van der Waals surface area contributed by atoms with Gasteiger partial charge in [0.05, 0.1) is 13.1 Å². The Balaban J connectivity index is 2.58. The van der Waals surface area contributed by atoms with Crippen molar-refractivity contribution in [1.82, 2.24) is 15.1 Å². The van der Waals surface area contributed by atoms with E-state index in [2.05, 4.69) is 10.6 Å². The lowest BCUT2D eigenvalue weighted by atomic mass is 10.1. The predicted octanol–water partition coefficient (Wildman–Crippen LogP) is 1.56. The normalized spacial score (nSPS) is 11.2. The number of amides is 3. The third-order valence-electron chi connectivity index (χ3n) is 3.52. The van der Waals surface area contributed by atoms with E-state index in [4.69, 9.17) is 0 Å². The van der Waals surface area contributed by atoms with Crippen LogP contribution in [0.25, 0.3) is 0 Å². The molecule has 0 radical (unpaired) electrons. The number of benzene rings is 1. The van der Waals surface area contributed by atoms with Crippen LogP contribution in [-0.4, -0.2) is 66.8 Å². The van der Waals surface area contributed by atoms with Gasteiger partial charge in [-0.1, -0.05) is 6.92 Å². The Morgan fingerprint density at radius 2 is 1.50 bits per heavy atom. The van der Waals surface area contributed by atoms with Gasteiger partial charge in [0, 0.05) is 30.9 Å². The molecule has 7 heteroatoms. The quantitative estimate of drug-likeness (QED) is 0.771. The topological polar surface area (TPSA) is 81.8 Å². The summed E-state index contributed by atoms with van der Waals surface area (Å²) in [5.41, 5.74) is 0.868. The van der Waals surface area contributed by atoms with Crippen molar-refractivity contribution in [3.05, 3.63) is 29.8 Å². The molecule has 1 aromatic rings. The zero-order valence-corrected chi connectivity index (χ0v) is 16.5. The number of nitrogens with one attached hydrogen (secondary N) is 2.